The molecule has 0 heterocycles. The van der Waals surface area contributed by atoms with Gasteiger partial charge in [-0.05, 0) is 25.7 Å². The molecule has 0 aromatic rings. The molecule has 9 nitrogen and oxygen atoms in total. The van der Waals surface area contributed by atoms with E-state index in [0.29, 0.717) is 25.7 Å². The van der Waals surface area contributed by atoms with Crippen LogP contribution in [0.2, 0.25) is 12.1 Å². The maximum absolute atomic E-state index is 10.5. The highest BCUT2D eigenvalue weighted by atomic mass is 28.5. The minimum atomic E-state index is -3.66. The third kappa shape index (κ3) is 10.5. The zero-order valence-electron chi connectivity index (χ0n) is 13.5. The molecule has 2 atom stereocenters. The van der Waals surface area contributed by atoms with Gasteiger partial charge in [-0.25, -0.2) is 0 Å². The largest absolute Gasteiger partial charge is 0.490 e. The van der Waals surface area contributed by atoms with Crippen LogP contribution >= 0.6 is 0 Å². The lowest BCUT2D eigenvalue weighted by atomic mass is 10.2. The second-order valence-corrected chi connectivity index (χ2v) is 10.6. The van der Waals surface area contributed by atoms with Gasteiger partial charge in [0.2, 0.25) is 0 Å². The van der Waals surface area contributed by atoms with Crippen LogP contribution in [0.1, 0.15) is 38.5 Å². The summed E-state index contributed by atoms with van der Waals surface area (Å²) in [6, 6.07) is 0.231. The molecular formula is C12H26O9Si2. The van der Waals surface area contributed by atoms with Gasteiger partial charge in [0, 0.05) is 39.1 Å². The molecule has 23 heavy (non-hydrogen) atoms. The van der Waals surface area contributed by atoms with E-state index in [9.17, 15) is 19.2 Å². The highest BCUT2D eigenvalue weighted by Gasteiger charge is 2.48. The van der Waals surface area contributed by atoms with Crippen molar-refractivity contribution in [2.24, 2.45) is 0 Å². The van der Waals surface area contributed by atoms with Crippen molar-refractivity contribution < 1.29 is 42.4 Å². The fraction of sp³-hybridized carbons (Fsp3) is 0.833. The molecule has 0 aromatic heterocycles. The number of hydrogen-bond donors (Lipinski definition) is 4. The van der Waals surface area contributed by atoms with E-state index in [1.54, 1.807) is 0 Å². The Morgan fingerprint density at radius 1 is 0.783 bits per heavy atom. The van der Waals surface area contributed by atoms with E-state index >= 15 is 0 Å². The molecule has 0 aromatic carbocycles. The summed E-state index contributed by atoms with van der Waals surface area (Å²) < 4.78 is 15.4. The second kappa shape index (κ2) is 10.9. The molecule has 136 valence electrons. The molecule has 0 aliphatic heterocycles. The van der Waals surface area contributed by atoms with Crippen LogP contribution in [0.5, 0.6) is 0 Å². The quantitative estimate of drug-likeness (QED) is 0.256. The van der Waals surface area contributed by atoms with Crippen LogP contribution < -0.4 is 0 Å². The first kappa shape index (κ1) is 22.2. The van der Waals surface area contributed by atoms with Gasteiger partial charge >= 0.3 is 29.5 Å². The molecule has 0 spiro atoms. The van der Waals surface area contributed by atoms with Crippen molar-refractivity contribution in [3.63, 3.8) is 0 Å². The topological polar surface area (TPSA) is 143 Å². The highest BCUT2D eigenvalue weighted by Crippen LogP contribution is 2.23. The predicted molar refractivity (Wildman–Crippen MR) is 83.6 cm³/mol. The van der Waals surface area contributed by atoms with Crippen LogP contribution in [0.25, 0.3) is 0 Å². The van der Waals surface area contributed by atoms with Crippen LogP contribution in [-0.4, -0.2) is 63.6 Å². The number of carboxylic acids is 2. The Kier molecular flexibility index (Phi) is 10.5. The number of unbranched alkanes of at least 4 members (excludes halogenated alkanes) is 2. The first-order valence-electron chi connectivity index (χ1n) is 7.35. The summed E-state index contributed by atoms with van der Waals surface area (Å²) in [7, 11) is -4.79. The summed E-state index contributed by atoms with van der Waals surface area (Å²) in [5.74, 6) is -1.84. The molecule has 0 saturated carbocycles. The van der Waals surface area contributed by atoms with E-state index < -0.39 is 29.5 Å². The standard InChI is InChI=1S/C12H26O9Si2/c1-19-22(17,9-5-3-7-11(13)14)21-23(18,20-2)10-6-4-8-12(15)16/h17-18H,3-10H2,1-2H3,(H,13,14)(H,15,16). The third-order valence-corrected chi connectivity index (χ3v) is 9.02. The Bertz CT molecular complexity index is 348. The van der Waals surface area contributed by atoms with Crippen molar-refractivity contribution in [1.29, 1.82) is 0 Å². The highest BCUT2D eigenvalue weighted by molar-refractivity contribution is 6.73. The van der Waals surface area contributed by atoms with Crippen LogP contribution in [0.4, 0.5) is 0 Å². The van der Waals surface area contributed by atoms with Crippen molar-refractivity contribution >= 4 is 29.5 Å². The van der Waals surface area contributed by atoms with Crippen molar-refractivity contribution in [2.45, 2.75) is 50.6 Å². The van der Waals surface area contributed by atoms with E-state index in [2.05, 4.69) is 0 Å². The van der Waals surface area contributed by atoms with E-state index in [0.717, 1.165) is 0 Å². The van der Waals surface area contributed by atoms with E-state index in [1.165, 1.54) is 14.2 Å². The second-order valence-electron chi connectivity index (χ2n) is 5.14. The molecule has 0 aliphatic carbocycles. The molecule has 4 N–H and O–H groups in total. The van der Waals surface area contributed by atoms with E-state index in [1.807, 2.05) is 0 Å². The summed E-state index contributed by atoms with van der Waals surface area (Å²) in [6.07, 6.45) is 1.46. The van der Waals surface area contributed by atoms with Gasteiger partial charge in [-0.2, -0.15) is 0 Å². The zero-order valence-corrected chi connectivity index (χ0v) is 15.5. The molecule has 0 amide bonds. The van der Waals surface area contributed by atoms with E-state index in [4.69, 9.17) is 23.2 Å². The molecule has 0 bridgehead atoms. The molecule has 0 radical (unpaired) electrons. The Balaban J connectivity index is 4.43. The Morgan fingerprint density at radius 2 is 1.13 bits per heavy atom. The Labute approximate surface area is 137 Å². The minimum Gasteiger partial charge on any atom is -0.481 e. The van der Waals surface area contributed by atoms with Crippen LogP contribution in [0.15, 0.2) is 0 Å². The maximum Gasteiger partial charge on any atom is 0.490 e. The van der Waals surface area contributed by atoms with Crippen LogP contribution in [0, 0.1) is 0 Å². The molecule has 2 unspecified atom stereocenters. The van der Waals surface area contributed by atoms with E-state index in [-0.39, 0.29) is 24.9 Å². The zero-order chi connectivity index (χ0) is 17.9. The predicted octanol–water partition coefficient (Wildman–Crippen LogP) is 0.668. The monoisotopic (exact) mass is 370 g/mol. The minimum absolute atomic E-state index is 0.0185. The summed E-state index contributed by atoms with van der Waals surface area (Å²) >= 11 is 0. The van der Waals surface area contributed by atoms with Gasteiger partial charge in [0.25, 0.3) is 0 Å². The maximum atomic E-state index is 10.5. The summed E-state index contributed by atoms with van der Waals surface area (Å²) in [6.45, 7) is 0. The fourth-order valence-electron chi connectivity index (χ4n) is 1.89. The number of carbonyl (C=O) groups is 2. The van der Waals surface area contributed by atoms with Crippen molar-refractivity contribution in [3.05, 3.63) is 0 Å². The van der Waals surface area contributed by atoms with Crippen LogP contribution in [0.3, 0.4) is 0 Å². The lowest BCUT2D eigenvalue weighted by Gasteiger charge is -2.31. The SMILES string of the molecule is CO[Si](O)(CCCCC(=O)O)O[Si](O)(CCCCC(=O)O)OC. The van der Waals surface area contributed by atoms with Crippen LogP contribution in [-0.2, 0) is 22.6 Å². The Hall–Kier alpha value is -0.826. The summed E-state index contributed by atoms with van der Waals surface area (Å²) in [5.41, 5.74) is 0. The Morgan fingerprint density at radius 3 is 1.39 bits per heavy atom. The van der Waals surface area contributed by atoms with Gasteiger partial charge in [-0.1, -0.05) is 0 Å². The van der Waals surface area contributed by atoms with Gasteiger partial charge in [-0.3, -0.25) is 9.59 Å². The fourth-order valence-corrected chi connectivity index (χ4v) is 7.17. The molecule has 0 rings (SSSR count). The molecule has 0 aliphatic rings. The van der Waals surface area contributed by atoms with Gasteiger partial charge in [0.15, 0.2) is 0 Å². The van der Waals surface area contributed by atoms with Gasteiger partial charge in [-0.15, -0.1) is 0 Å². The number of carboxylic acid groups (broad SMARTS) is 2. The van der Waals surface area contributed by atoms with Crippen molar-refractivity contribution in [2.75, 3.05) is 14.2 Å². The molecule has 0 saturated heterocycles. The third-order valence-electron chi connectivity index (χ3n) is 3.22. The normalized spacial score (nSPS) is 16.5. The van der Waals surface area contributed by atoms with Crippen molar-refractivity contribution in [3.8, 4) is 0 Å². The smallest absolute Gasteiger partial charge is 0.481 e. The first-order valence-corrected chi connectivity index (χ1v) is 11.3. The summed E-state index contributed by atoms with van der Waals surface area (Å²) in [5, 5.41) is 17.2. The summed E-state index contributed by atoms with van der Waals surface area (Å²) in [4.78, 5) is 41.6. The van der Waals surface area contributed by atoms with Gasteiger partial charge in [0.05, 0.1) is 0 Å². The number of rotatable bonds is 14. The number of hydrogen-bond acceptors (Lipinski definition) is 7. The average Bonchev–Trinajstić information content (AvgIpc) is 2.48. The number of aliphatic carboxylic acids is 2. The lowest BCUT2D eigenvalue weighted by molar-refractivity contribution is -0.138. The molecule has 11 heteroatoms. The first-order chi connectivity index (χ1) is 10.7. The lowest BCUT2D eigenvalue weighted by Crippen LogP contribution is -2.55. The average molecular weight is 371 g/mol. The molecular weight excluding hydrogens is 344 g/mol. The van der Waals surface area contributed by atoms with Gasteiger partial charge in [0.1, 0.15) is 0 Å². The van der Waals surface area contributed by atoms with Gasteiger partial charge < -0.3 is 32.8 Å². The van der Waals surface area contributed by atoms with Crippen molar-refractivity contribution in [1.82, 2.24) is 0 Å². The molecule has 0 fully saturated rings.